The van der Waals surface area contributed by atoms with E-state index in [1.54, 1.807) is 0 Å². The van der Waals surface area contributed by atoms with E-state index in [-0.39, 0.29) is 24.8 Å². The number of rotatable bonds is 6. The first-order valence-electron chi connectivity index (χ1n) is 13.0. The predicted molar refractivity (Wildman–Crippen MR) is 151 cm³/mol. The third-order valence-corrected chi connectivity index (χ3v) is 14.5. The van der Waals surface area contributed by atoms with Gasteiger partial charge in [-0.1, -0.05) is 0 Å². The largest absolute Gasteiger partial charge is 1.00 e. The van der Waals surface area contributed by atoms with Gasteiger partial charge in [0.05, 0.1) is 0 Å². The van der Waals surface area contributed by atoms with E-state index in [2.05, 4.69) is 135 Å². The monoisotopic (exact) mass is 612 g/mol. The van der Waals surface area contributed by atoms with Gasteiger partial charge in [0.15, 0.2) is 0 Å². The van der Waals surface area contributed by atoms with Crippen molar-refractivity contribution in [3.63, 3.8) is 0 Å². The number of hydrogen-bond donors (Lipinski definition) is 0. The van der Waals surface area contributed by atoms with Crippen molar-refractivity contribution in [1.82, 2.24) is 0 Å². The normalized spacial score (nSPS) is 18.3. The average Bonchev–Trinajstić information content (AvgIpc) is 3.52. The molecule has 0 aromatic heterocycles. The van der Waals surface area contributed by atoms with Crippen LogP contribution in [0.4, 0.5) is 0 Å². The van der Waals surface area contributed by atoms with Crippen molar-refractivity contribution in [2.24, 2.45) is 0 Å². The van der Waals surface area contributed by atoms with E-state index in [0.29, 0.717) is 19.1 Å². The van der Waals surface area contributed by atoms with E-state index in [1.807, 2.05) is 0 Å². The van der Waals surface area contributed by atoms with E-state index < -0.39 is 21.3 Å². The Bertz CT molecular complexity index is 1370. The second-order valence-electron chi connectivity index (χ2n) is 10.2. The molecule has 4 atom stereocenters. The quantitative estimate of drug-likeness (QED) is 0.314. The molecule has 4 aromatic rings. The van der Waals surface area contributed by atoms with Crippen LogP contribution in [0.15, 0.2) is 121 Å². The molecule has 0 spiro atoms. The summed E-state index contributed by atoms with van der Waals surface area (Å²) >= 11 is -2.26. The van der Waals surface area contributed by atoms with E-state index in [0.717, 1.165) is 0 Å². The van der Waals surface area contributed by atoms with Gasteiger partial charge < -0.3 is 24.8 Å². The minimum absolute atomic E-state index is 0. The molecule has 6 rings (SSSR count). The fraction of sp³-hybridized carbons (Fsp3) is 0.171. The maximum absolute atomic E-state index is 5.04. The molecular formula is C35H32Cl2Zr. The van der Waals surface area contributed by atoms with Gasteiger partial charge >= 0.3 is 224 Å². The Morgan fingerprint density at radius 3 is 1.26 bits per heavy atom. The topological polar surface area (TPSA) is 0 Å². The van der Waals surface area contributed by atoms with Gasteiger partial charge in [0.2, 0.25) is 0 Å². The second kappa shape index (κ2) is 12.3. The van der Waals surface area contributed by atoms with Gasteiger partial charge in [0.1, 0.15) is 0 Å². The van der Waals surface area contributed by atoms with Gasteiger partial charge in [-0.3, -0.25) is 0 Å². The molecule has 0 N–H and O–H groups in total. The summed E-state index contributed by atoms with van der Waals surface area (Å²) in [6, 6.07) is 40.1. The standard InChI is InChI=1S/2C17H15.CH2.2ClH.Zr/c2*1-13(14-7-3-2-4-8-14)16-12-11-15-9-5-6-10-17(15)16;;;;/h2*2-13H,1H3;1H2;2*1H;/q;;;;;+2/p-2. The Kier molecular flexibility index (Phi) is 9.25. The zero-order chi connectivity index (χ0) is 24.6. The fourth-order valence-corrected chi connectivity index (χ4v) is 12.3. The van der Waals surface area contributed by atoms with Crippen LogP contribution < -0.4 is 24.8 Å². The van der Waals surface area contributed by atoms with Gasteiger partial charge in [0, 0.05) is 0 Å². The van der Waals surface area contributed by atoms with E-state index in [1.165, 1.54) is 44.5 Å². The third-order valence-electron chi connectivity index (χ3n) is 8.24. The number of benzene rings is 4. The average molecular weight is 615 g/mol. The maximum atomic E-state index is 5.04. The summed E-state index contributed by atoms with van der Waals surface area (Å²) in [6.07, 6.45) is 5.22. The molecular weight excluding hydrogens is 583 g/mol. The van der Waals surface area contributed by atoms with Crippen LogP contribution in [0.2, 0.25) is 0 Å². The van der Waals surface area contributed by atoms with Crippen LogP contribution in [0.25, 0.3) is 11.1 Å². The third kappa shape index (κ3) is 5.14. The molecule has 190 valence electrons. The zero-order valence-electron chi connectivity index (χ0n) is 21.8. The van der Waals surface area contributed by atoms with E-state index in [9.17, 15) is 0 Å². The molecule has 0 amide bonds. The van der Waals surface area contributed by atoms with Crippen LogP contribution >= 0.6 is 0 Å². The van der Waals surface area contributed by atoms with Crippen LogP contribution in [0.3, 0.4) is 0 Å². The van der Waals surface area contributed by atoms with Crippen LogP contribution in [0.5, 0.6) is 0 Å². The number of halogens is 2. The summed E-state index contributed by atoms with van der Waals surface area (Å²) in [5.41, 5.74) is 11.6. The molecule has 2 aliphatic carbocycles. The van der Waals surface area contributed by atoms with Crippen molar-refractivity contribution in [2.45, 2.75) is 32.9 Å². The molecule has 0 fully saturated rings. The molecule has 2 aliphatic rings. The summed E-state index contributed by atoms with van der Waals surface area (Å²) in [4.78, 5) is 0. The summed E-state index contributed by atoms with van der Waals surface area (Å²) in [5.74, 6) is 0.766. The second-order valence-corrected chi connectivity index (χ2v) is 16.1. The zero-order valence-corrected chi connectivity index (χ0v) is 25.8. The number of allylic oxidation sites excluding steroid dienone is 4. The van der Waals surface area contributed by atoms with Crippen LogP contribution in [0, 0.1) is 0 Å². The molecule has 0 radical (unpaired) electrons. The molecule has 0 aliphatic heterocycles. The first-order valence-corrected chi connectivity index (χ1v) is 17.6. The molecule has 4 unspecified atom stereocenters. The minimum Gasteiger partial charge on any atom is -1.00 e. The number of fused-ring (bicyclic) bond motifs is 2. The molecule has 0 nitrogen and oxygen atoms in total. The van der Waals surface area contributed by atoms with Crippen molar-refractivity contribution in [3.8, 4) is 0 Å². The Morgan fingerprint density at radius 2 is 0.868 bits per heavy atom. The van der Waals surface area contributed by atoms with Gasteiger partial charge in [-0.15, -0.1) is 0 Å². The summed E-state index contributed by atoms with van der Waals surface area (Å²) in [7, 11) is 0. The van der Waals surface area contributed by atoms with Gasteiger partial charge in [-0.05, 0) is 0 Å². The van der Waals surface area contributed by atoms with Crippen LogP contribution in [-0.4, -0.2) is 4.21 Å². The Balaban J connectivity index is 0.00000168. The van der Waals surface area contributed by atoms with Crippen molar-refractivity contribution < 1.29 is 46.1 Å². The number of hydrogen-bond acceptors (Lipinski definition) is 0. The van der Waals surface area contributed by atoms with Gasteiger partial charge in [0.25, 0.3) is 0 Å². The van der Waals surface area contributed by atoms with E-state index >= 15 is 0 Å². The summed E-state index contributed by atoms with van der Waals surface area (Å²) in [6.45, 7) is 4.72. The first kappa shape index (κ1) is 28.7. The molecule has 0 saturated heterocycles. The van der Waals surface area contributed by atoms with Crippen molar-refractivity contribution >= 4 is 15.4 Å². The predicted octanol–water partition coefficient (Wildman–Crippen LogP) is 2.93. The smallest absolute Gasteiger partial charge is 1.00 e. The maximum Gasteiger partial charge on any atom is -1.00 e. The van der Waals surface area contributed by atoms with E-state index in [4.69, 9.17) is 4.21 Å². The molecule has 0 heterocycles. The first-order chi connectivity index (χ1) is 17.6. The van der Waals surface area contributed by atoms with Crippen molar-refractivity contribution in [1.29, 1.82) is 0 Å². The summed E-state index contributed by atoms with van der Waals surface area (Å²) < 4.78 is 6.02. The SMILES string of the molecule is [CH2]=[Zr+2]([CH]1C=C(C(C)c2ccccc2)c2ccccc21)[CH]1C=C(C(C)c2ccccc2)c2ccccc21.[Cl-].[Cl-]. The fourth-order valence-electron chi connectivity index (χ4n) is 6.19. The van der Waals surface area contributed by atoms with Crippen LogP contribution in [-0.2, 0) is 21.3 Å². The molecule has 4 aromatic carbocycles. The Morgan fingerprint density at radius 1 is 0.526 bits per heavy atom. The van der Waals surface area contributed by atoms with Gasteiger partial charge in [-0.25, -0.2) is 0 Å². The molecule has 0 saturated carbocycles. The molecule has 38 heavy (non-hydrogen) atoms. The molecule has 0 bridgehead atoms. The Labute approximate surface area is 247 Å². The van der Waals surface area contributed by atoms with Crippen molar-refractivity contribution in [2.75, 3.05) is 0 Å². The summed E-state index contributed by atoms with van der Waals surface area (Å²) in [5, 5.41) is 0. The van der Waals surface area contributed by atoms with Gasteiger partial charge in [-0.2, -0.15) is 0 Å². The molecule has 3 heteroatoms. The minimum atomic E-state index is -2.26. The van der Waals surface area contributed by atoms with Crippen molar-refractivity contribution in [3.05, 3.63) is 155 Å². The Hall–Kier alpha value is -2.31. The van der Waals surface area contributed by atoms with Crippen LogP contribution in [0.1, 0.15) is 66.3 Å².